The molecule has 3 aromatic rings. The lowest BCUT2D eigenvalue weighted by Crippen LogP contribution is -1.98. The SMILES string of the molecule is Cc1c2ccccc2nn1-c1ccc(F)cc1. The summed E-state index contributed by atoms with van der Waals surface area (Å²) in [4.78, 5) is 0. The fourth-order valence-electron chi connectivity index (χ4n) is 2.00. The van der Waals surface area contributed by atoms with Gasteiger partial charge in [-0.05, 0) is 37.3 Å². The van der Waals surface area contributed by atoms with Gasteiger partial charge in [0.1, 0.15) is 5.82 Å². The Balaban J connectivity index is 2.24. The van der Waals surface area contributed by atoms with Crippen LogP contribution in [0.5, 0.6) is 0 Å². The molecule has 3 rings (SSSR count). The van der Waals surface area contributed by atoms with Crippen LogP contribution in [0.15, 0.2) is 48.5 Å². The van der Waals surface area contributed by atoms with Crippen LogP contribution < -0.4 is 0 Å². The van der Waals surface area contributed by atoms with E-state index in [1.807, 2.05) is 35.9 Å². The van der Waals surface area contributed by atoms with E-state index >= 15 is 0 Å². The number of rotatable bonds is 1. The first kappa shape index (κ1) is 10.0. The molecule has 84 valence electrons. The molecular weight excluding hydrogens is 215 g/mol. The Morgan fingerprint density at radius 3 is 2.41 bits per heavy atom. The number of hydrogen-bond acceptors (Lipinski definition) is 1. The average molecular weight is 226 g/mol. The van der Waals surface area contributed by atoms with Crippen molar-refractivity contribution < 1.29 is 4.39 Å². The van der Waals surface area contributed by atoms with Crippen molar-refractivity contribution >= 4 is 10.9 Å². The van der Waals surface area contributed by atoms with Crippen molar-refractivity contribution in [1.82, 2.24) is 9.78 Å². The molecule has 1 heterocycles. The van der Waals surface area contributed by atoms with Crippen LogP contribution in [0, 0.1) is 12.7 Å². The van der Waals surface area contributed by atoms with Crippen molar-refractivity contribution in [3.63, 3.8) is 0 Å². The second-order valence-electron chi connectivity index (χ2n) is 3.99. The summed E-state index contributed by atoms with van der Waals surface area (Å²) in [6.07, 6.45) is 0. The molecule has 0 aliphatic rings. The first-order valence-electron chi connectivity index (χ1n) is 5.46. The van der Waals surface area contributed by atoms with Crippen molar-refractivity contribution in [2.45, 2.75) is 6.92 Å². The standard InChI is InChI=1S/C14H11FN2/c1-10-13-4-2-3-5-14(13)16-17(10)12-8-6-11(15)7-9-12/h2-9H,1H3. The van der Waals surface area contributed by atoms with Crippen LogP contribution in [0.4, 0.5) is 4.39 Å². The van der Waals surface area contributed by atoms with Gasteiger partial charge in [0.05, 0.1) is 11.2 Å². The van der Waals surface area contributed by atoms with Crippen LogP contribution >= 0.6 is 0 Å². The number of hydrogen-bond donors (Lipinski definition) is 0. The van der Waals surface area contributed by atoms with Crippen molar-refractivity contribution in [3.8, 4) is 5.69 Å². The number of aromatic nitrogens is 2. The maximum absolute atomic E-state index is 12.9. The number of nitrogens with zero attached hydrogens (tertiary/aromatic N) is 2. The zero-order valence-corrected chi connectivity index (χ0v) is 9.39. The molecule has 0 fully saturated rings. The van der Waals surface area contributed by atoms with E-state index in [2.05, 4.69) is 5.10 Å². The van der Waals surface area contributed by atoms with E-state index in [-0.39, 0.29) is 5.82 Å². The number of aryl methyl sites for hydroxylation is 1. The van der Waals surface area contributed by atoms with Gasteiger partial charge in [-0.25, -0.2) is 9.07 Å². The van der Waals surface area contributed by atoms with Gasteiger partial charge in [0.25, 0.3) is 0 Å². The molecule has 0 saturated carbocycles. The Labute approximate surface area is 98.3 Å². The van der Waals surface area contributed by atoms with Crippen molar-refractivity contribution in [2.24, 2.45) is 0 Å². The molecule has 0 radical (unpaired) electrons. The van der Waals surface area contributed by atoms with Gasteiger partial charge in [-0.1, -0.05) is 18.2 Å². The summed E-state index contributed by atoms with van der Waals surface area (Å²) in [6, 6.07) is 14.3. The van der Waals surface area contributed by atoms with Gasteiger partial charge < -0.3 is 0 Å². The first-order chi connectivity index (χ1) is 8.25. The Bertz CT molecular complexity index is 668. The fraction of sp³-hybridized carbons (Fsp3) is 0.0714. The van der Waals surface area contributed by atoms with Gasteiger partial charge in [0, 0.05) is 11.1 Å². The van der Waals surface area contributed by atoms with Gasteiger partial charge >= 0.3 is 0 Å². The van der Waals surface area contributed by atoms with Crippen LogP contribution in [0.2, 0.25) is 0 Å². The minimum Gasteiger partial charge on any atom is -0.237 e. The summed E-state index contributed by atoms with van der Waals surface area (Å²) >= 11 is 0. The molecule has 2 aromatic carbocycles. The van der Waals surface area contributed by atoms with E-state index in [1.165, 1.54) is 12.1 Å². The summed E-state index contributed by atoms with van der Waals surface area (Å²) in [5.74, 6) is -0.233. The summed E-state index contributed by atoms with van der Waals surface area (Å²) in [6.45, 7) is 2.01. The lowest BCUT2D eigenvalue weighted by atomic mass is 10.2. The van der Waals surface area contributed by atoms with E-state index in [9.17, 15) is 4.39 Å². The zero-order chi connectivity index (χ0) is 11.8. The summed E-state index contributed by atoms with van der Waals surface area (Å²) < 4.78 is 14.7. The third kappa shape index (κ3) is 1.60. The second kappa shape index (κ2) is 3.70. The van der Waals surface area contributed by atoms with Crippen LogP contribution in [-0.4, -0.2) is 9.78 Å². The monoisotopic (exact) mass is 226 g/mol. The molecule has 0 saturated heterocycles. The molecule has 0 aliphatic carbocycles. The van der Waals surface area contributed by atoms with E-state index in [1.54, 1.807) is 12.1 Å². The first-order valence-corrected chi connectivity index (χ1v) is 5.46. The summed E-state index contributed by atoms with van der Waals surface area (Å²) in [5.41, 5.74) is 2.89. The maximum Gasteiger partial charge on any atom is 0.123 e. The van der Waals surface area contributed by atoms with E-state index in [0.717, 1.165) is 22.3 Å². The Morgan fingerprint density at radius 1 is 1.00 bits per heavy atom. The molecule has 0 aliphatic heterocycles. The lowest BCUT2D eigenvalue weighted by Gasteiger charge is -2.03. The van der Waals surface area contributed by atoms with Crippen molar-refractivity contribution in [1.29, 1.82) is 0 Å². The van der Waals surface area contributed by atoms with Gasteiger partial charge in [-0.15, -0.1) is 0 Å². The largest absolute Gasteiger partial charge is 0.237 e. The highest BCUT2D eigenvalue weighted by atomic mass is 19.1. The van der Waals surface area contributed by atoms with Crippen LogP contribution in [0.3, 0.4) is 0 Å². The van der Waals surface area contributed by atoms with Gasteiger partial charge in [-0.3, -0.25) is 0 Å². The van der Waals surface area contributed by atoms with Crippen molar-refractivity contribution in [2.75, 3.05) is 0 Å². The van der Waals surface area contributed by atoms with Gasteiger partial charge in [-0.2, -0.15) is 5.10 Å². The smallest absolute Gasteiger partial charge is 0.123 e. The van der Waals surface area contributed by atoms with Crippen LogP contribution in [0.1, 0.15) is 5.69 Å². The number of halogens is 1. The Morgan fingerprint density at radius 2 is 1.71 bits per heavy atom. The van der Waals surface area contributed by atoms with Crippen molar-refractivity contribution in [3.05, 3.63) is 60.0 Å². The number of fused-ring (bicyclic) bond motifs is 1. The quantitative estimate of drug-likeness (QED) is 0.621. The highest BCUT2D eigenvalue weighted by molar-refractivity contribution is 5.81. The van der Waals surface area contributed by atoms with E-state index in [0.29, 0.717) is 0 Å². The van der Waals surface area contributed by atoms with Gasteiger partial charge in [0.2, 0.25) is 0 Å². The minimum absolute atomic E-state index is 0.233. The molecule has 0 atom stereocenters. The third-order valence-corrected chi connectivity index (χ3v) is 2.89. The molecule has 2 nitrogen and oxygen atoms in total. The summed E-state index contributed by atoms with van der Waals surface area (Å²) in [5, 5.41) is 5.63. The number of benzene rings is 2. The topological polar surface area (TPSA) is 17.8 Å². The van der Waals surface area contributed by atoms with E-state index < -0.39 is 0 Å². The average Bonchev–Trinajstić information content (AvgIpc) is 2.69. The second-order valence-corrected chi connectivity index (χ2v) is 3.99. The van der Waals surface area contributed by atoms with Gasteiger partial charge in [0.15, 0.2) is 0 Å². The Kier molecular flexibility index (Phi) is 2.18. The fourth-order valence-corrected chi connectivity index (χ4v) is 2.00. The highest BCUT2D eigenvalue weighted by Gasteiger charge is 2.07. The molecule has 3 heteroatoms. The Hall–Kier alpha value is -2.16. The molecule has 17 heavy (non-hydrogen) atoms. The highest BCUT2D eigenvalue weighted by Crippen LogP contribution is 2.20. The third-order valence-electron chi connectivity index (χ3n) is 2.89. The minimum atomic E-state index is -0.233. The molecule has 0 N–H and O–H groups in total. The lowest BCUT2D eigenvalue weighted by molar-refractivity contribution is 0.627. The predicted molar refractivity (Wildman–Crippen MR) is 65.8 cm³/mol. The van der Waals surface area contributed by atoms with Crippen LogP contribution in [0.25, 0.3) is 16.6 Å². The predicted octanol–water partition coefficient (Wildman–Crippen LogP) is 3.47. The molecule has 0 unspecified atom stereocenters. The molecule has 0 spiro atoms. The van der Waals surface area contributed by atoms with E-state index in [4.69, 9.17) is 0 Å². The zero-order valence-electron chi connectivity index (χ0n) is 9.39. The molecule has 0 amide bonds. The molecular formula is C14H11FN2. The molecule has 0 bridgehead atoms. The normalized spacial score (nSPS) is 10.9. The molecule has 1 aromatic heterocycles. The summed E-state index contributed by atoms with van der Waals surface area (Å²) in [7, 11) is 0. The van der Waals surface area contributed by atoms with Crippen LogP contribution in [-0.2, 0) is 0 Å². The maximum atomic E-state index is 12.9.